The van der Waals surface area contributed by atoms with Gasteiger partial charge in [-0.15, -0.1) is 0 Å². The van der Waals surface area contributed by atoms with Crippen molar-refractivity contribution < 1.29 is 24.3 Å². The van der Waals surface area contributed by atoms with E-state index in [1.807, 2.05) is 0 Å². The molecule has 0 fully saturated rings. The van der Waals surface area contributed by atoms with Crippen LogP contribution in [0.4, 0.5) is 0 Å². The summed E-state index contributed by atoms with van der Waals surface area (Å²) in [4.78, 5) is 59.2. The van der Waals surface area contributed by atoms with E-state index in [2.05, 4.69) is 43.5 Å². The zero-order valence-electron chi connectivity index (χ0n) is 18.2. The van der Waals surface area contributed by atoms with Crippen molar-refractivity contribution in [1.82, 2.24) is 25.9 Å². The van der Waals surface area contributed by atoms with Crippen molar-refractivity contribution in [3.05, 3.63) is 18.2 Å². The van der Waals surface area contributed by atoms with E-state index in [1.165, 1.54) is 19.4 Å². The number of aromatic nitrogens is 2. The summed E-state index contributed by atoms with van der Waals surface area (Å²) in [6, 6.07) is -4.27. The van der Waals surface area contributed by atoms with Crippen LogP contribution in [-0.2, 0) is 25.6 Å². The number of amides is 3. The van der Waals surface area contributed by atoms with Crippen LogP contribution in [0.5, 0.6) is 0 Å². The van der Waals surface area contributed by atoms with Gasteiger partial charge in [-0.1, -0.05) is 0 Å². The summed E-state index contributed by atoms with van der Waals surface area (Å²) >= 11 is 3.96. The monoisotopic (exact) mass is 485 g/mol. The summed E-state index contributed by atoms with van der Waals surface area (Å²) < 4.78 is 0. The number of thiol groups is 1. The Hall–Kier alpha value is -3.33. The van der Waals surface area contributed by atoms with E-state index in [-0.39, 0.29) is 31.1 Å². The maximum Gasteiger partial charge on any atom is 0.326 e. The molecule has 0 aliphatic heterocycles. The zero-order valence-corrected chi connectivity index (χ0v) is 19.0. The third kappa shape index (κ3) is 10.2. The van der Waals surface area contributed by atoms with Crippen LogP contribution < -0.4 is 33.2 Å². The summed E-state index contributed by atoms with van der Waals surface area (Å²) in [6.07, 6.45) is 3.34. The molecular formula is C18H31N9O5S. The summed E-state index contributed by atoms with van der Waals surface area (Å²) in [7, 11) is 0. The molecule has 0 saturated carbocycles. The molecule has 0 aromatic carbocycles. The Labute approximate surface area is 195 Å². The second-order valence-corrected chi connectivity index (χ2v) is 7.57. The van der Waals surface area contributed by atoms with Crippen molar-refractivity contribution in [2.24, 2.45) is 22.2 Å². The Morgan fingerprint density at radius 2 is 1.82 bits per heavy atom. The van der Waals surface area contributed by atoms with E-state index in [9.17, 15) is 24.3 Å². The van der Waals surface area contributed by atoms with Gasteiger partial charge in [0, 0.05) is 30.6 Å². The number of H-pyrrole nitrogens is 1. The van der Waals surface area contributed by atoms with Gasteiger partial charge in [0.05, 0.1) is 12.4 Å². The molecule has 15 heteroatoms. The Morgan fingerprint density at radius 1 is 1.15 bits per heavy atom. The minimum absolute atomic E-state index is 0.0210. The highest BCUT2D eigenvalue weighted by atomic mass is 32.1. The van der Waals surface area contributed by atoms with Crippen LogP contribution in [0.15, 0.2) is 17.5 Å². The van der Waals surface area contributed by atoms with Gasteiger partial charge in [0.1, 0.15) is 18.1 Å². The fourth-order valence-corrected chi connectivity index (χ4v) is 2.79. The SMILES string of the molecule is CC(NC(=O)C(CCCN=C(N)N)NC(=O)C(N)CS)C(=O)NC(Cc1cnc[nH]1)C(=O)O. The van der Waals surface area contributed by atoms with Gasteiger partial charge in [0.2, 0.25) is 17.7 Å². The largest absolute Gasteiger partial charge is 0.480 e. The molecule has 0 bridgehead atoms. The first-order valence-electron chi connectivity index (χ1n) is 10.1. The van der Waals surface area contributed by atoms with Gasteiger partial charge in [0.15, 0.2) is 5.96 Å². The Kier molecular flexibility index (Phi) is 11.7. The molecule has 1 rings (SSSR count). The molecule has 0 spiro atoms. The van der Waals surface area contributed by atoms with Crippen molar-refractivity contribution in [1.29, 1.82) is 0 Å². The van der Waals surface area contributed by atoms with Crippen LogP contribution in [0.1, 0.15) is 25.5 Å². The number of carbonyl (C=O) groups is 4. The summed E-state index contributed by atoms with van der Waals surface area (Å²) in [5, 5.41) is 16.7. The maximum atomic E-state index is 12.7. The molecule has 3 amide bonds. The van der Waals surface area contributed by atoms with Gasteiger partial charge in [-0.05, 0) is 19.8 Å². The second kappa shape index (κ2) is 13.9. The minimum atomic E-state index is -1.25. The molecule has 1 heterocycles. The molecular weight excluding hydrogens is 454 g/mol. The van der Waals surface area contributed by atoms with Gasteiger partial charge in [-0.25, -0.2) is 9.78 Å². The number of carbonyl (C=O) groups excluding carboxylic acids is 3. The summed E-state index contributed by atoms with van der Waals surface area (Å²) in [6.45, 7) is 1.62. The van der Waals surface area contributed by atoms with Crippen molar-refractivity contribution in [2.75, 3.05) is 12.3 Å². The highest BCUT2D eigenvalue weighted by Gasteiger charge is 2.28. The number of nitrogens with two attached hydrogens (primary N) is 3. The van der Waals surface area contributed by atoms with Crippen LogP contribution in [-0.4, -0.2) is 81.2 Å². The quantitative estimate of drug-likeness (QED) is 0.0557. The van der Waals surface area contributed by atoms with E-state index in [0.717, 1.165) is 0 Å². The molecule has 0 aliphatic carbocycles. The van der Waals surface area contributed by atoms with Gasteiger partial charge in [0.25, 0.3) is 0 Å². The smallest absolute Gasteiger partial charge is 0.326 e. The molecule has 0 saturated heterocycles. The van der Waals surface area contributed by atoms with E-state index in [1.54, 1.807) is 0 Å². The molecule has 184 valence electrons. The number of carboxylic acid groups (broad SMARTS) is 1. The molecule has 4 atom stereocenters. The van der Waals surface area contributed by atoms with E-state index < -0.39 is 47.9 Å². The third-order valence-corrected chi connectivity index (χ3v) is 4.85. The standard InChI is InChI=1S/C18H31N9O5S/c1-9(14(28)27-13(17(31)32)5-10-6-22-8-24-10)25-16(30)12(3-2-4-23-18(20)21)26-15(29)11(19)7-33/h6,8-9,11-13,33H,2-5,7,19H2,1H3,(H,22,24)(H,25,30)(H,26,29)(H,27,28)(H,31,32)(H4,20,21,23). The van der Waals surface area contributed by atoms with E-state index in [4.69, 9.17) is 17.2 Å². The van der Waals surface area contributed by atoms with Crippen LogP contribution in [0.3, 0.4) is 0 Å². The highest BCUT2D eigenvalue weighted by molar-refractivity contribution is 7.80. The average Bonchev–Trinajstić information content (AvgIpc) is 3.27. The average molecular weight is 486 g/mol. The maximum absolute atomic E-state index is 12.7. The number of carboxylic acids is 1. The Morgan fingerprint density at radius 3 is 2.36 bits per heavy atom. The Bertz CT molecular complexity index is 829. The van der Waals surface area contributed by atoms with Crippen molar-refractivity contribution in [3.8, 4) is 0 Å². The number of nitrogens with one attached hydrogen (secondary N) is 4. The number of hydrogen-bond donors (Lipinski definition) is 9. The number of guanidine groups is 1. The topological polar surface area (TPSA) is 244 Å². The highest BCUT2D eigenvalue weighted by Crippen LogP contribution is 2.03. The number of aliphatic carboxylic acids is 1. The molecule has 4 unspecified atom stereocenters. The normalized spacial score (nSPS) is 14.3. The molecule has 0 aliphatic rings. The number of aromatic amines is 1. The first kappa shape index (κ1) is 27.7. The minimum Gasteiger partial charge on any atom is -0.480 e. The second-order valence-electron chi connectivity index (χ2n) is 7.21. The lowest BCUT2D eigenvalue weighted by molar-refractivity contribution is -0.142. The van der Waals surface area contributed by atoms with Crippen molar-refractivity contribution >= 4 is 42.3 Å². The van der Waals surface area contributed by atoms with Gasteiger partial charge >= 0.3 is 5.97 Å². The Balaban J connectivity index is 2.76. The molecule has 1 aromatic heterocycles. The molecule has 33 heavy (non-hydrogen) atoms. The number of hydrogen-bond acceptors (Lipinski definition) is 8. The number of aliphatic imine (C=N–C) groups is 1. The molecule has 1 aromatic rings. The predicted molar refractivity (Wildman–Crippen MR) is 123 cm³/mol. The predicted octanol–water partition coefficient (Wildman–Crippen LogP) is -3.18. The number of imidazole rings is 1. The molecule has 11 N–H and O–H groups in total. The van der Waals surface area contributed by atoms with Gasteiger partial charge in [-0.3, -0.25) is 19.4 Å². The summed E-state index contributed by atoms with van der Waals surface area (Å²) in [5.41, 5.74) is 16.7. The first-order valence-corrected chi connectivity index (χ1v) is 10.7. The fraction of sp³-hybridized carbons (Fsp3) is 0.556. The van der Waals surface area contributed by atoms with Gasteiger partial charge < -0.3 is 43.2 Å². The first-order chi connectivity index (χ1) is 15.5. The lowest BCUT2D eigenvalue weighted by Gasteiger charge is -2.23. The fourth-order valence-electron chi connectivity index (χ4n) is 2.63. The van der Waals surface area contributed by atoms with Gasteiger partial charge in [-0.2, -0.15) is 12.6 Å². The third-order valence-electron chi connectivity index (χ3n) is 4.46. The molecule has 14 nitrogen and oxygen atoms in total. The summed E-state index contributed by atoms with van der Waals surface area (Å²) in [5.74, 6) is -3.24. The van der Waals surface area contributed by atoms with Crippen molar-refractivity contribution in [2.45, 2.75) is 50.4 Å². The molecule has 0 radical (unpaired) electrons. The lowest BCUT2D eigenvalue weighted by atomic mass is 10.1. The zero-order chi connectivity index (χ0) is 25.0. The lowest BCUT2D eigenvalue weighted by Crippen LogP contribution is -2.56. The number of rotatable bonds is 14. The van der Waals surface area contributed by atoms with Crippen LogP contribution >= 0.6 is 12.6 Å². The van der Waals surface area contributed by atoms with Crippen LogP contribution in [0.2, 0.25) is 0 Å². The van der Waals surface area contributed by atoms with Crippen LogP contribution in [0.25, 0.3) is 0 Å². The van der Waals surface area contributed by atoms with Crippen molar-refractivity contribution in [3.63, 3.8) is 0 Å². The van der Waals surface area contributed by atoms with E-state index >= 15 is 0 Å². The number of nitrogens with zero attached hydrogens (tertiary/aromatic N) is 2. The van der Waals surface area contributed by atoms with E-state index in [0.29, 0.717) is 12.1 Å². The van der Waals surface area contributed by atoms with Crippen LogP contribution in [0, 0.1) is 0 Å².